The fraction of sp³-hybridized carbons (Fsp3) is 0.267. The summed E-state index contributed by atoms with van der Waals surface area (Å²) in [7, 11) is 5.36. The molecule has 1 amide bonds. The van der Waals surface area contributed by atoms with E-state index in [9.17, 15) is 9.59 Å². The summed E-state index contributed by atoms with van der Waals surface area (Å²) < 4.78 is 1.25. The lowest BCUT2D eigenvalue weighted by atomic mass is 10.1. The summed E-state index contributed by atoms with van der Waals surface area (Å²) in [5.74, 6) is -1.69. The maximum absolute atomic E-state index is 12.4. The third kappa shape index (κ3) is 2.78. The Morgan fingerprint density at radius 2 is 2.00 bits per heavy atom. The van der Waals surface area contributed by atoms with Crippen LogP contribution in [0.3, 0.4) is 0 Å². The number of rotatable bonds is 4. The van der Waals surface area contributed by atoms with E-state index < -0.39 is 11.9 Å². The quantitative estimate of drug-likeness (QED) is 0.898. The molecule has 0 aliphatic carbocycles. The minimum absolute atomic E-state index is 0.0159. The number of hydrogen-bond acceptors (Lipinski definition) is 4. The van der Waals surface area contributed by atoms with Gasteiger partial charge in [-0.2, -0.15) is 5.10 Å². The molecule has 7 heteroatoms. The second-order valence-corrected chi connectivity index (χ2v) is 5.13. The lowest BCUT2D eigenvalue weighted by Gasteiger charge is -2.18. The Bertz CT molecular complexity index is 734. The minimum Gasteiger partial charge on any atom is -0.478 e. The molecular formula is C15H18N4O3. The SMILES string of the molecule is Cc1c(NC(=O)c2c(C(=O)O)cnn2C)cccc1N(C)C. The van der Waals surface area contributed by atoms with Crippen LogP contribution in [0.2, 0.25) is 0 Å². The van der Waals surface area contributed by atoms with Crippen molar-refractivity contribution >= 4 is 23.3 Å². The van der Waals surface area contributed by atoms with Gasteiger partial charge in [-0.15, -0.1) is 0 Å². The molecule has 0 fully saturated rings. The average molecular weight is 302 g/mol. The van der Waals surface area contributed by atoms with Gasteiger partial charge < -0.3 is 15.3 Å². The van der Waals surface area contributed by atoms with Crippen LogP contribution >= 0.6 is 0 Å². The van der Waals surface area contributed by atoms with Gasteiger partial charge in [-0.3, -0.25) is 9.48 Å². The zero-order valence-corrected chi connectivity index (χ0v) is 12.9. The number of amides is 1. The molecule has 0 unspecified atom stereocenters. The largest absolute Gasteiger partial charge is 0.478 e. The van der Waals surface area contributed by atoms with E-state index >= 15 is 0 Å². The fourth-order valence-corrected chi connectivity index (χ4v) is 2.29. The van der Waals surface area contributed by atoms with Crippen LogP contribution in [-0.2, 0) is 7.05 Å². The first kappa shape index (κ1) is 15.6. The number of nitrogens with one attached hydrogen (secondary N) is 1. The van der Waals surface area contributed by atoms with E-state index in [0.717, 1.165) is 11.3 Å². The Kier molecular flexibility index (Phi) is 4.16. The summed E-state index contributed by atoms with van der Waals surface area (Å²) in [5, 5.41) is 15.7. The Labute approximate surface area is 128 Å². The summed E-state index contributed by atoms with van der Waals surface area (Å²) >= 11 is 0. The lowest BCUT2D eigenvalue weighted by Crippen LogP contribution is -2.20. The number of anilines is 2. The Morgan fingerprint density at radius 3 is 2.59 bits per heavy atom. The van der Waals surface area contributed by atoms with E-state index in [2.05, 4.69) is 10.4 Å². The normalized spacial score (nSPS) is 10.4. The third-order valence-corrected chi connectivity index (χ3v) is 3.42. The van der Waals surface area contributed by atoms with Crippen molar-refractivity contribution in [2.75, 3.05) is 24.3 Å². The highest BCUT2D eigenvalue weighted by molar-refractivity contribution is 6.09. The van der Waals surface area contributed by atoms with Gasteiger partial charge in [0.25, 0.3) is 5.91 Å². The smallest absolute Gasteiger partial charge is 0.339 e. The summed E-state index contributed by atoms with van der Waals surface area (Å²) in [5.41, 5.74) is 2.40. The number of hydrogen-bond donors (Lipinski definition) is 2. The maximum Gasteiger partial charge on any atom is 0.339 e. The molecule has 22 heavy (non-hydrogen) atoms. The molecule has 1 aromatic heterocycles. The standard InChI is InChI=1S/C15H18N4O3/c1-9-11(6-5-7-12(9)18(2)3)17-14(20)13-10(15(21)22)8-16-19(13)4/h5-8H,1-4H3,(H,17,20)(H,21,22). The molecular weight excluding hydrogens is 284 g/mol. The highest BCUT2D eigenvalue weighted by atomic mass is 16.4. The van der Waals surface area contributed by atoms with E-state index in [1.165, 1.54) is 17.9 Å². The summed E-state index contributed by atoms with van der Waals surface area (Å²) in [6, 6.07) is 5.55. The summed E-state index contributed by atoms with van der Waals surface area (Å²) in [6.45, 7) is 1.90. The molecule has 116 valence electrons. The highest BCUT2D eigenvalue weighted by Crippen LogP contribution is 2.25. The van der Waals surface area contributed by atoms with Crippen molar-refractivity contribution in [3.8, 4) is 0 Å². The van der Waals surface area contributed by atoms with E-state index in [0.29, 0.717) is 5.69 Å². The van der Waals surface area contributed by atoms with Gasteiger partial charge in [-0.25, -0.2) is 4.79 Å². The monoisotopic (exact) mass is 302 g/mol. The molecule has 7 nitrogen and oxygen atoms in total. The molecule has 0 bridgehead atoms. The van der Waals surface area contributed by atoms with Gasteiger partial charge in [0.15, 0.2) is 0 Å². The topological polar surface area (TPSA) is 87.5 Å². The maximum atomic E-state index is 12.4. The number of carbonyl (C=O) groups is 2. The average Bonchev–Trinajstić information content (AvgIpc) is 2.82. The van der Waals surface area contributed by atoms with Crippen LogP contribution in [-0.4, -0.2) is 40.9 Å². The lowest BCUT2D eigenvalue weighted by molar-refractivity contribution is 0.0692. The van der Waals surface area contributed by atoms with Crippen molar-refractivity contribution in [1.29, 1.82) is 0 Å². The van der Waals surface area contributed by atoms with Crippen LogP contribution in [0.15, 0.2) is 24.4 Å². The number of carbonyl (C=O) groups excluding carboxylic acids is 1. The predicted octanol–water partition coefficient (Wildman–Crippen LogP) is 1.75. The molecule has 1 heterocycles. The van der Waals surface area contributed by atoms with Crippen LogP contribution < -0.4 is 10.2 Å². The number of carboxylic acid groups (broad SMARTS) is 1. The van der Waals surface area contributed by atoms with Gasteiger partial charge in [0.1, 0.15) is 11.3 Å². The molecule has 0 saturated carbocycles. The van der Waals surface area contributed by atoms with Crippen molar-refractivity contribution in [3.05, 3.63) is 41.2 Å². The highest BCUT2D eigenvalue weighted by Gasteiger charge is 2.22. The van der Waals surface area contributed by atoms with E-state index in [1.54, 1.807) is 6.07 Å². The molecule has 0 saturated heterocycles. The zero-order valence-electron chi connectivity index (χ0n) is 12.9. The van der Waals surface area contributed by atoms with E-state index in [4.69, 9.17) is 5.11 Å². The first-order valence-corrected chi connectivity index (χ1v) is 6.66. The number of carboxylic acids is 1. The number of benzene rings is 1. The molecule has 0 atom stereocenters. The van der Waals surface area contributed by atoms with Gasteiger partial charge in [-0.05, 0) is 24.6 Å². The molecule has 2 rings (SSSR count). The molecule has 0 spiro atoms. The molecule has 0 aliphatic heterocycles. The van der Waals surface area contributed by atoms with Crippen LogP contribution in [0.1, 0.15) is 26.4 Å². The van der Waals surface area contributed by atoms with E-state index in [-0.39, 0.29) is 11.3 Å². The van der Waals surface area contributed by atoms with Gasteiger partial charge >= 0.3 is 5.97 Å². The van der Waals surface area contributed by atoms with E-state index in [1.807, 2.05) is 38.1 Å². The minimum atomic E-state index is -1.18. The zero-order chi connectivity index (χ0) is 16.4. The fourth-order valence-electron chi connectivity index (χ4n) is 2.29. The number of nitrogens with zero attached hydrogens (tertiary/aromatic N) is 3. The molecule has 0 radical (unpaired) electrons. The van der Waals surface area contributed by atoms with Crippen molar-refractivity contribution in [2.45, 2.75) is 6.92 Å². The second-order valence-electron chi connectivity index (χ2n) is 5.13. The molecule has 0 aliphatic rings. The first-order chi connectivity index (χ1) is 10.3. The molecule has 2 aromatic rings. The van der Waals surface area contributed by atoms with Gasteiger partial charge in [0, 0.05) is 32.5 Å². The van der Waals surface area contributed by atoms with Crippen LogP contribution in [0.4, 0.5) is 11.4 Å². The molecule has 1 aromatic carbocycles. The van der Waals surface area contributed by atoms with Crippen LogP contribution in [0.25, 0.3) is 0 Å². The number of aryl methyl sites for hydroxylation is 1. The van der Waals surface area contributed by atoms with Crippen molar-refractivity contribution < 1.29 is 14.7 Å². The van der Waals surface area contributed by atoms with Crippen LogP contribution in [0, 0.1) is 6.92 Å². The first-order valence-electron chi connectivity index (χ1n) is 6.66. The van der Waals surface area contributed by atoms with Crippen molar-refractivity contribution in [3.63, 3.8) is 0 Å². The van der Waals surface area contributed by atoms with Crippen LogP contribution in [0.5, 0.6) is 0 Å². The summed E-state index contributed by atoms with van der Waals surface area (Å²) in [4.78, 5) is 25.5. The summed E-state index contributed by atoms with van der Waals surface area (Å²) in [6.07, 6.45) is 1.17. The van der Waals surface area contributed by atoms with Gasteiger partial charge in [0.05, 0.1) is 6.20 Å². The molecule has 2 N–H and O–H groups in total. The number of aromatic carboxylic acids is 1. The second kappa shape index (κ2) is 5.88. The number of aromatic nitrogens is 2. The van der Waals surface area contributed by atoms with Crippen molar-refractivity contribution in [2.24, 2.45) is 7.05 Å². The van der Waals surface area contributed by atoms with Gasteiger partial charge in [-0.1, -0.05) is 6.07 Å². The van der Waals surface area contributed by atoms with Gasteiger partial charge in [0.2, 0.25) is 0 Å². The predicted molar refractivity (Wildman–Crippen MR) is 83.6 cm³/mol. The Morgan fingerprint density at radius 1 is 1.32 bits per heavy atom. The Hall–Kier alpha value is -2.83. The van der Waals surface area contributed by atoms with Crippen molar-refractivity contribution in [1.82, 2.24) is 9.78 Å². The Balaban J connectivity index is 2.36. The third-order valence-electron chi connectivity index (χ3n) is 3.42.